The van der Waals surface area contributed by atoms with Crippen molar-refractivity contribution in [1.82, 2.24) is 4.98 Å². The Bertz CT molecular complexity index is 905. The Morgan fingerprint density at radius 3 is 2.71 bits per heavy atom. The van der Waals surface area contributed by atoms with E-state index in [4.69, 9.17) is 0 Å². The van der Waals surface area contributed by atoms with Gasteiger partial charge in [-0.25, -0.2) is 13.4 Å². The van der Waals surface area contributed by atoms with Gasteiger partial charge in [0.15, 0.2) is 0 Å². The highest BCUT2D eigenvalue weighted by atomic mass is 32.2. The second-order valence-electron chi connectivity index (χ2n) is 6.00. The number of hydrogen-bond acceptors (Lipinski definition) is 5. The van der Waals surface area contributed by atoms with Crippen molar-refractivity contribution in [2.45, 2.75) is 30.2 Å². The maximum atomic E-state index is 12.5. The van der Waals surface area contributed by atoms with Crippen molar-refractivity contribution in [2.24, 2.45) is 0 Å². The van der Waals surface area contributed by atoms with Crippen molar-refractivity contribution in [2.75, 3.05) is 15.4 Å². The summed E-state index contributed by atoms with van der Waals surface area (Å²) in [6.45, 7) is 0. The molecule has 0 unspecified atom stereocenters. The highest BCUT2D eigenvalue weighted by molar-refractivity contribution is 7.92. The Balaban J connectivity index is 1.52. The zero-order chi connectivity index (χ0) is 16.7. The SMILES string of the molecule is O=C1Cc2cc(S(=O)(=O)Nc3ccc(NC4CC4)nc3)ccc2N1. The summed E-state index contributed by atoms with van der Waals surface area (Å²) in [7, 11) is -3.73. The lowest BCUT2D eigenvalue weighted by atomic mass is 10.2. The topological polar surface area (TPSA) is 100 Å². The van der Waals surface area contributed by atoms with Crippen molar-refractivity contribution < 1.29 is 13.2 Å². The van der Waals surface area contributed by atoms with Gasteiger partial charge in [-0.05, 0) is 48.7 Å². The molecule has 7 nitrogen and oxygen atoms in total. The van der Waals surface area contributed by atoms with Crippen LogP contribution in [0.4, 0.5) is 17.2 Å². The molecule has 4 rings (SSSR count). The fourth-order valence-electron chi connectivity index (χ4n) is 2.56. The van der Waals surface area contributed by atoms with Gasteiger partial charge >= 0.3 is 0 Å². The predicted molar refractivity (Wildman–Crippen MR) is 90.5 cm³/mol. The molecule has 0 saturated heterocycles. The summed E-state index contributed by atoms with van der Waals surface area (Å²) in [5.41, 5.74) is 1.74. The van der Waals surface area contributed by atoms with E-state index in [1.54, 1.807) is 18.2 Å². The molecule has 3 N–H and O–H groups in total. The molecule has 0 spiro atoms. The molecule has 1 amide bonds. The lowest BCUT2D eigenvalue weighted by Crippen LogP contribution is -2.13. The monoisotopic (exact) mass is 344 g/mol. The number of benzene rings is 1. The molecule has 1 fully saturated rings. The second kappa shape index (κ2) is 5.48. The first kappa shape index (κ1) is 14.9. The van der Waals surface area contributed by atoms with E-state index in [0.717, 1.165) is 18.7 Å². The third-order valence-electron chi connectivity index (χ3n) is 3.96. The lowest BCUT2D eigenvalue weighted by Gasteiger charge is -2.10. The third-order valence-corrected chi connectivity index (χ3v) is 5.34. The van der Waals surface area contributed by atoms with E-state index in [0.29, 0.717) is 23.0 Å². The minimum atomic E-state index is -3.73. The molecule has 1 saturated carbocycles. The Kier molecular flexibility index (Phi) is 3.42. The van der Waals surface area contributed by atoms with E-state index < -0.39 is 10.0 Å². The zero-order valence-electron chi connectivity index (χ0n) is 12.7. The highest BCUT2D eigenvalue weighted by Crippen LogP contribution is 2.27. The predicted octanol–water partition coefficient (Wildman–Crippen LogP) is 1.95. The van der Waals surface area contributed by atoms with Crippen molar-refractivity contribution in [3.05, 3.63) is 42.1 Å². The highest BCUT2D eigenvalue weighted by Gasteiger charge is 2.23. The summed E-state index contributed by atoms with van der Waals surface area (Å²) >= 11 is 0. The maximum Gasteiger partial charge on any atom is 0.261 e. The van der Waals surface area contributed by atoms with Gasteiger partial charge in [0, 0.05) is 11.7 Å². The van der Waals surface area contributed by atoms with E-state index in [2.05, 4.69) is 20.3 Å². The van der Waals surface area contributed by atoms with Crippen LogP contribution in [0.3, 0.4) is 0 Å². The molecule has 24 heavy (non-hydrogen) atoms. The normalized spacial score (nSPS) is 16.4. The molecule has 0 radical (unpaired) electrons. The average molecular weight is 344 g/mol. The van der Waals surface area contributed by atoms with E-state index in [1.165, 1.54) is 18.3 Å². The summed E-state index contributed by atoms with van der Waals surface area (Å²) in [6.07, 6.45) is 3.97. The van der Waals surface area contributed by atoms with E-state index in [-0.39, 0.29) is 17.2 Å². The van der Waals surface area contributed by atoms with Crippen molar-refractivity contribution in [3.63, 3.8) is 0 Å². The number of anilines is 3. The van der Waals surface area contributed by atoms with Gasteiger partial charge in [0.25, 0.3) is 10.0 Å². The minimum Gasteiger partial charge on any atom is -0.367 e. The molecule has 0 bridgehead atoms. The summed E-state index contributed by atoms with van der Waals surface area (Å²) < 4.78 is 27.5. The Labute approximate surface area is 139 Å². The number of rotatable bonds is 5. The quantitative estimate of drug-likeness (QED) is 0.770. The van der Waals surface area contributed by atoms with Crippen LogP contribution in [0, 0.1) is 0 Å². The molecule has 2 aromatic rings. The van der Waals surface area contributed by atoms with Gasteiger partial charge in [-0.15, -0.1) is 0 Å². The number of pyridine rings is 1. The van der Waals surface area contributed by atoms with Crippen molar-refractivity contribution in [1.29, 1.82) is 0 Å². The van der Waals surface area contributed by atoms with Gasteiger partial charge in [-0.2, -0.15) is 0 Å². The molecule has 1 aliphatic heterocycles. The van der Waals surface area contributed by atoms with Crippen LogP contribution >= 0.6 is 0 Å². The van der Waals surface area contributed by atoms with Gasteiger partial charge in [0.05, 0.1) is 23.2 Å². The first-order valence-electron chi connectivity index (χ1n) is 7.68. The zero-order valence-corrected chi connectivity index (χ0v) is 13.6. The van der Waals surface area contributed by atoms with Crippen molar-refractivity contribution >= 4 is 33.1 Å². The van der Waals surface area contributed by atoms with Crippen molar-refractivity contribution in [3.8, 4) is 0 Å². The number of carbonyl (C=O) groups is 1. The van der Waals surface area contributed by atoms with Crippen LogP contribution in [0.5, 0.6) is 0 Å². The molecule has 2 aliphatic rings. The van der Waals surface area contributed by atoms with Crippen LogP contribution in [0.1, 0.15) is 18.4 Å². The van der Waals surface area contributed by atoms with Gasteiger partial charge < -0.3 is 10.6 Å². The number of aromatic nitrogens is 1. The van der Waals surface area contributed by atoms with Crippen LogP contribution in [-0.2, 0) is 21.2 Å². The Morgan fingerprint density at radius 2 is 2.00 bits per heavy atom. The van der Waals surface area contributed by atoms with Gasteiger partial charge in [-0.1, -0.05) is 0 Å². The molecule has 0 atom stereocenters. The van der Waals surface area contributed by atoms with Crippen LogP contribution in [0.25, 0.3) is 0 Å². The molecule has 124 valence electrons. The molecule has 1 aromatic carbocycles. The smallest absolute Gasteiger partial charge is 0.261 e. The summed E-state index contributed by atoms with van der Waals surface area (Å²) in [4.78, 5) is 15.7. The molecule has 1 aromatic heterocycles. The average Bonchev–Trinajstić information content (AvgIpc) is 3.27. The van der Waals surface area contributed by atoms with E-state index >= 15 is 0 Å². The summed E-state index contributed by atoms with van der Waals surface area (Å²) in [5, 5.41) is 5.92. The van der Waals surface area contributed by atoms with Gasteiger partial charge in [0.2, 0.25) is 5.91 Å². The first-order valence-corrected chi connectivity index (χ1v) is 9.16. The number of nitrogens with zero attached hydrogens (tertiary/aromatic N) is 1. The van der Waals surface area contributed by atoms with Gasteiger partial charge in [0.1, 0.15) is 5.82 Å². The molecular weight excluding hydrogens is 328 g/mol. The first-order chi connectivity index (χ1) is 11.5. The summed E-state index contributed by atoms with van der Waals surface area (Å²) in [5.74, 6) is 0.609. The Morgan fingerprint density at radius 1 is 1.17 bits per heavy atom. The fraction of sp³-hybridized carbons (Fsp3) is 0.250. The largest absolute Gasteiger partial charge is 0.367 e. The number of amides is 1. The number of sulfonamides is 1. The second-order valence-corrected chi connectivity index (χ2v) is 7.68. The molecular formula is C16H16N4O3S. The Hall–Kier alpha value is -2.61. The number of hydrogen-bond donors (Lipinski definition) is 3. The third kappa shape index (κ3) is 3.05. The van der Waals surface area contributed by atoms with Gasteiger partial charge in [-0.3, -0.25) is 9.52 Å². The summed E-state index contributed by atoms with van der Waals surface area (Å²) in [6, 6.07) is 8.52. The fourth-order valence-corrected chi connectivity index (χ4v) is 3.66. The number of carbonyl (C=O) groups excluding carboxylic acids is 1. The molecule has 8 heteroatoms. The van der Waals surface area contributed by atoms with Crippen LogP contribution in [0.2, 0.25) is 0 Å². The van der Waals surface area contributed by atoms with Crippen LogP contribution in [0.15, 0.2) is 41.4 Å². The van der Waals surface area contributed by atoms with E-state index in [9.17, 15) is 13.2 Å². The molecule has 2 heterocycles. The lowest BCUT2D eigenvalue weighted by molar-refractivity contribution is -0.115. The minimum absolute atomic E-state index is 0.123. The standard InChI is InChI=1S/C16H16N4O3S/c21-16-8-10-7-13(4-5-14(10)19-16)24(22,23)20-12-3-6-15(17-9-12)18-11-1-2-11/h3-7,9,11,20H,1-2,8H2,(H,17,18)(H,19,21). The van der Waals surface area contributed by atoms with Crippen LogP contribution < -0.4 is 15.4 Å². The van der Waals surface area contributed by atoms with E-state index in [1.807, 2.05) is 0 Å². The number of fused-ring (bicyclic) bond motifs is 1. The maximum absolute atomic E-state index is 12.5. The molecule has 1 aliphatic carbocycles. The number of nitrogens with one attached hydrogen (secondary N) is 3. The van der Waals surface area contributed by atoms with Crippen LogP contribution in [-0.4, -0.2) is 25.4 Å².